The molecule has 3 nitrogen and oxygen atoms in total. The van der Waals surface area contributed by atoms with E-state index >= 15 is 0 Å². The number of hydrogen-bond donors (Lipinski definition) is 1. The van der Waals surface area contributed by atoms with Crippen LogP contribution in [0.25, 0.3) is 11.1 Å². The number of aromatic hydroxyl groups is 1. The van der Waals surface area contributed by atoms with E-state index in [0.717, 1.165) is 29.8 Å². The molecule has 0 heterocycles. The van der Waals surface area contributed by atoms with E-state index in [1.807, 2.05) is 38.4 Å². The second kappa shape index (κ2) is 10.8. The van der Waals surface area contributed by atoms with Crippen molar-refractivity contribution in [2.75, 3.05) is 27.2 Å². The van der Waals surface area contributed by atoms with Crippen molar-refractivity contribution in [3.63, 3.8) is 0 Å². The summed E-state index contributed by atoms with van der Waals surface area (Å²) in [6, 6.07) is 26.4. The molecule has 0 radical (unpaired) electrons. The van der Waals surface area contributed by atoms with Gasteiger partial charge in [0.2, 0.25) is 0 Å². The molecule has 0 bridgehead atoms. The molecular weight excluding hydrogens is 382 g/mol. The molecule has 3 heteroatoms. The highest BCUT2D eigenvalue weighted by Crippen LogP contribution is 2.37. The second-order valence-electron chi connectivity index (χ2n) is 8.54. The van der Waals surface area contributed by atoms with Crippen molar-refractivity contribution in [1.29, 1.82) is 0 Å². The minimum Gasteiger partial charge on any atom is -0.508 e. The highest BCUT2D eigenvalue weighted by Gasteiger charge is 2.16. The molecule has 0 aliphatic rings. The maximum Gasteiger partial charge on any atom is 0.119 e. The zero-order valence-electron chi connectivity index (χ0n) is 19.0. The molecule has 1 N–H and O–H groups in total. The Hall–Kier alpha value is -3.04. The van der Waals surface area contributed by atoms with Gasteiger partial charge >= 0.3 is 0 Å². The fourth-order valence-corrected chi connectivity index (χ4v) is 3.62. The molecule has 0 saturated heterocycles. The molecule has 0 spiro atoms. The SMILES string of the molecule is CC(C)CC(=C(c1ccc(O)cc1)c1ccc(OCCN(C)C)cc1)c1ccccc1. The third-order valence-electron chi connectivity index (χ3n) is 5.14. The van der Waals surface area contributed by atoms with Crippen LogP contribution in [0.2, 0.25) is 0 Å². The average molecular weight is 416 g/mol. The van der Waals surface area contributed by atoms with E-state index in [2.05, 4.69) is 61.2 Å². The van der Waals surface area contributed by atoms with E-state index in [1.165, 1.54) is 16.7 Å². The van der Waals surface area contributed by atoms with E-state index in [9.17, 15) is 5.11 Å². The summed E-state index contributed by atoms with van der Waals surface area (Å²) in [5.74, 6) is 1.66. The third kappa shape index (κ3) is 6.47. The topological polar surface area (TPSA) is 32.7 Å². The minimum absolute atomic E-state index is 0.276. The number of benzene rings is 3. The van der Waals surface area contributed by atoms with Crippen molar-refractivity contribution < 1.29 is 9.84 Å². The first-order valence-corrected chi connectivity index (χ1v) is 10.9. The van der Waals surface area contributed by atoms with Crippen molar-refractivity contribution in [2.45, 2.75) is 20.3 Å². The number of phenolic OH excluding ortho intramolecular Hbond substituents is 1. The van der Waals surface area contributed by atoms with Crippen molar-refractivity contribution in [3.05, 3.63) is 95.6 Å². The smallest absolute Gasteiger partial charge is 0.119 e. The van der Waals surface area contributed by atoms with Gasteiger partial charge in [-0.05, 0) is 78.5 Å². The average Bonchev–Trinajstić information content (AvgIpc) is 2.76. The Labute approximate surface area is 186 Å². The maximum absolute atomic E-state index is 9.83. The van der Waals surface area contributed by atoms with E-state index in [0.29, 0.717) is 12.5 Å². The molecule has 0 atom stereocenters. The molecule has 31 heavy (non-hydrogen) atoms. The van der Waals surface area contributed by atoms with Crippen LogP contribution in [0.5, 0.6) is 11.5 Å². The summed E-state index contributed by atoms with van der Waals surface area (Å²) < 4.78 is 5.89. The lowest BCUT2D eigenvalue weighted by Gasteiger charge is -2.19. The van der Waals surface area contributed by atoms with Crippen LogP contribution in [0.3, 0.4) is 0 Å². The standard InChI is InChI=1S/C28H33NO2/c1-21(2)20-27(22-8-6-5-7-9-22)28(23-10-14-25(30)15-11-23)24-12-16-26(17-13-24)31-19-18-29(3)4/h5-17,21,30H,18-20H2,1-4H3. The molecule has 0 aliphatic carbocycles. The van der Waals surface area contributed by atoms with Crippen LogP contribution < -0.4 is 4.74 Å². The molecule has 0 aromatic heterocycles. The van der Waals surface area contributed by atoms with Crippen LogP contribution in [0.4, 0.5) is 0 Å². The molecule has 3 rings (SSSR count). The predicted octanol–water partition coefficient (Wildman–Crippen LogP) is 6.34. The summed E-state index contributed by atoms with van der Waals surface area (Å²) >= 11 is 0. The number of allylic oxidation sites excluding steroid dienone is 1. The summed E-state index contributed by atoms with van der Waals surface area (Å²) in [4.78, 5) is 2.11. The van der Waals surface area contributed by atoms with Crippen LogP contribution >= 0.6 is 0 Å². The van der Waals surface area contributed by atoms with Crippen LogP contribution in [-0.2, 0) is 0 Å². The fourth-order valence-electron chi connectivity index (χ4n) is 3.62. The van der Waals surface area contributed by atoms with Gasteiger partial charge in [0.05, 0.1) is 0 Å². The first kappa shape index (κ1) is 22.6. The quantitative estimate of drug-likeness (QED) is 0.414. The van der Waals surface area contributed by atoms with Gasteiger partial charge in [0, 0.05) is 6.54 Å². The first-order valence-electron chi connectivity index (χ1n) is 10.9. The van der Waals surface area contributed by atoms with E-state index in [1.54, 1.807) is 12.1 Å². The minimum atomic E-state index is 0.276. The summed E-state index contributed by atoms with van der Waals surface area (Å²) in [5, 5.41) is 9.83. The van der Waals surface area contributed by atoms with Gasteiger partial charge in [0.1, 0.15) is 18.1 Å². The van der Waals surface area contributed by atoms with Crippen LogP contribution in [0.1, 0.15) is 37.0 Å². The van der Waals surface area contributed by atoms with Crippen molar-refractivity contribution >= 4 is 11.1 Å². The molecule has 0 saturated carbocycles. The summed E-state index contributed by atoms with van der Waals surface area (Å²) in [6.07, 6.45) is 0.960. The van der Waals surface area contributed by atoms with Crippen molar-refractivity contribution in [3.8, 4) is 11.5 Å². The van der Waals surface area contributed by atoms with Crippen LogP contribution in [0.15, 0.2) is 78.9 Å². The Morgan fingerprint density at radius 1 is 0.806 bits per heavy atom. The van der Waals surface area contributed by atoms with Gasteiger partial charge in [-0.2, -0.15) is 0 Å². The molecule has 0 amide bonds. The Morgan fingerprint density at radius 3 is 1.94 bits per heavy atom. The highest BCUT2D eigenvalue weighted by molar-refractivity contribution is 5.98. The van der Waals surface area contributed by atoms with Crippen LogP contribution in [-0.4, -0.2) is 37.3 Å². The van der Waals surface area contributed by atoms with Crippen molar-refractivity contribution in [1.82, 2.24) is 4.90 Å². The van der Waals surface area contributed by atoms with Crippen molar-refractivity contribution in [2.24, 2.45) is 5.92 Å². The summed E-state index contributed by atoms with van der Waals surface area (Å²) in [7, 11) is 4.09. The van der Waals surface area contributed by atoms with E-state index < -0.39 is 0 Å². The molecule has 0 unspecified atom stereocenters. The van der Waals surface area contributed by atoms with Crippen LogP contribution in [0, 0.1) is 5.92 Å². The Kier molecular flexibility index (Phi) is 7.91. The summed E-state index contributed by atoms with van der Waals surface area (Å²) in [5.41, 5.74) is 5.97. The Balaban J connectivity index is 2.07. The maximum atomic E-state index is 9.83. The predicted molar refractivity (Wildman–Crippen MR) is 130 cm³/mol. The highest BCUT2D eigenvalue weighted by atomic mass is 16.5. The molecule has 0 aliphatic heterocycles. The lowest BCUT2D eigenvalue weighted by atomic mass is 9.85. The molecule has 3 aromatic rings. The number of phenols is 1. The first-order chi connectivity index (χ1) is 14.9. The number of nitrogens with zero attached hydrogens (tertiary/aromatic N) is 1. The van der Waals surface area contributed by atoms with Gasteiger partial charge in [-0.25, -0.2) is 0 Å². The normalized spacial score (nSPS) is 12.2. The Bertz CT molecular complexity index is 972. The number of likely N-dealkylation sites (N-methyl/N-ethyl adjacent to an activating group) is 1. The lowest BCUT2D eigenvalue weighted by molar-refractivity contribution is 0.261. The van der Waals surface area contributed by atoms with Gasteiger partial charge in [-0.3, -0.25) is 0 Å². The van der Waals surface area contributed by atoms with Gasteiger partial charge < -0.3 is 14.7 Å². The van der Waals surface area contributed by atoms with Gasteiger partial charge in [-0.1, -0.05) is 68.4 Å². The fraction of sp³-hybridized carbons (Fsp3) is 0.286. The third-order valence-corrected chi connectivity index (χ3v) is 5.14. The molecule has 0 fully saturated rings. The zero-order valence-corrected chi connectivity index (χ0v) is 19.0. The lowest BCUT2D eigenvalue weighted by Crippen LogP contribution is -2.19. The molecular formula is C28H33NO2. The van der Waals surface area contributed by atoms with E-state index in [-0.39, 0.29) is 5.75 Å². The zero-order chi connectivity index (χ0) is 22.2. The summed E-state index contributed by atoms with van der Waals surface area (Å²) in [6.45, 7) is 6.04. The van der Waals surface area contributed by atoms with Gasteiger partial charge in [-0.15, -0.1) is 0 Å². The Morgan fingerprint density at radius 2 is 1.39 bits per heavy atom. The molecule has 3 aromatic carbocycles. The monoisotopic (exact) mass is 415 g/mol. The second-order valence-corrected chi connectivity index (χ2v) is 8.54. The van der Waals surface area contributed by atoms with Gasteiger partial charge in [0.15, 0.2) is 0 Å². The van der Waals surface area contributed by atoms with Gasteiger partial charge in [0.25, 0.3) is 0 Å². The number of ether oxygens (including phenoxy) is 1. The molecule has 162 valence electrons. The van der Waals surface area contributed by atoms with E-state index in [4.69, 9.17) is 4.74 Å². The number of rotatable bonds is 9. The largest absolute Gasteiger partial charge is 0.508 e. The number of hydrogen-bond acceptors (Lipinski definition) is 3.